The summed E-state index contributed by atoms with van der Waals surface area (Å²) in [6.07, 6.45) is 0.942. The lowest BCUT2D eigenvalue weighted by Gasteiger charge is -2.17. The van der Waals surface area contributed by atoms with Crippen molar-refractivity contribution in [2.45, 2.75) is 25.9 Å². The van der Waals surface area contributed by atoms with E-state index >= 15 is 0 Å². The molecule has 0 amide bonds. The van der Waals surface area contributed by atoms with Gasteiger partial charge in [0.1, 0.15) is 5.82 Å². The lowest BCUT2D eigenvalue weighted by Crippen LogP contribution is -2.20. The van der Waals surface area contributed by atoms with E-state index in [4.69, 9.17) is 23.2 Å². The smallest absolute Gasteiger partial charge is 0.142 e. The first-order valence-electron chi connectivity index (χ1n) is 6.53. The second-order valence-corrected chi connectivity index (χ2v) is 5.49. The van der Waals surface area contributed by atoms with Gasteiger partial charge in [0.15, 0.2) is 0 Å². The molecule has 106 valence electrons. The number of hydrogen-bond donors (Lipinski definition) is 1. The Bertz CT molecular complexity index is 569. The highest BCUT2D eigenvalue weighted by Gasteiger charge is 2.09. The number of benzene rings is 2. The molecule has 1 nitrogen and oxygen atoms in total. The molecule has 0 fully saturated rings. The molecule has 2 aromatic rings. The van der Waals surface area contributed by atoms with E-state index in [0.717, 1.165) is 17.0 Å². The molecule has 0 saturated carbocycles. The summed E-state index contributed by atoms with van der Waals surface area (Å²) >= 11 is 11.6. The van der Waals surface area contributed by atoms with Gasteiger partial charge in [-0.1, -0.05) is 48.3 Å². The molecule has 1 N–H and O–H groups in total. The molecule has 0 aliphatic heterocycles. The zero-order chi connectivity index (χ0) is 14.5. The Balaban J connectivity index is 2.03. The highest BCUT2D eigenvalue weighted by molar-refractivity contribution is 6.30. The molecule has 0 aliphatic carbocycles. The summed E-state index contributed by atoms with van der Waals surface area (Å²) in [6, 6.07) is 12.9. The lowest BCUT2D eigenvalue weighted by molar-refractivity contribution is 0.517. The Kier molecular flexibility index (Phi) is 5.41. The Hall–Kier alpha value is -1.09. The molecule has 4 heteroatoms. The summed E-state index contributed by atoms with van der Waals surface area (Å²) in [5.74, 6) is -0.384. The van der Waals surface area contributed by atoms with Crippen LogP contribution in [0.2, 0.25) is 10.0 Å². The predicted octanol–water partition coefficient (Wildman–Crippen LogP) is 5.37. The maximum absolute atomic E-state index is 13.4. The van der Waals surface area contributed by atoms with Crippen molar-refractivity contribution in [1.82, 2.24) is 5.32 Å². The van der Waals surface area contributed by atoms with Crippen molar-refractivity contribution in [3.8, 4) is 0 Å². The first-order chi connectivity index (χ1) is 9.60. The van der Waals surface area contributed by atoms with Gasteiger partial charge in [-0.2, -0.15) is 0 Å². The number of halogens is 3. The fraction of sp³-hybridized carbons (Fsp3) is 0.250. The average molecular weight is 312 g/mol. The normalized spacial score (nSPS) is 12.4. The van der Waals surface area contributed by atoms with E-state index in [0.29, 0.717) is 6.54 Å². The van der Waals surface area contributed by atoms with Crippen molar-refractivity contribution in [2.75, 3.05) is 0 Å². The third-order valence-electron chi connectivity index (χ3n) is 3.22. The summed E-state index contributed by atoms with van der Waals surface area (Å²) in [5.41, 5.74) is 2.05. The largest absolute Gasteiger partial charge is 0.306 e. The summed E-state index contributed by atoms with van der Waals surface area (Å²) in [5, 5.41) is 4.29. The zero-order valence-corrected chi connectivity index (χ0v) is 12.7. The number of rotatable bonds is 5. The molecule has 0 saturated heterocycles. The van der Waals surface area contributed by atoms with E-state index in [-0.39, 0.29) is 16.9 Å². The SMILES string of the molecule is CCC(NCc1ccc(Cl)c(F)c1)c1ccc(Cl)cc1. The van der Waals surface area contributed by atoms with Crippen molar-refractivity contribution < 1.29 is 4.39 Å². The summed E-state index contributed by atoms with van der Waals surface area (Å²) < 4.78 is 13.4. The maximum atomic E-state index is 13.4. The van der Waals surface area contributed by atoms with Crippen LogP contribution in [0.1, 0.15) is 30.5 Å². The summed E-state index contributed by atoms with van der Waals surface area (Å²) in [4.78, 5) is 0. The fourth-order valence-electron chi connectivity index (χ4n) is 2.08. The second-order valence-electron chi connectivity index (χ2n) is 4.64. The van der Waals surface area contributed by atoms with Crippen LogP contribution in [0.3, 0.4) is 0 Å². The van der Waals surface area contributed by atoms with Gasteiger partial charge >= 0.3 is 0 Å². The molecule has 0 spiro atoms. The third kappa shape index (κ3) is 3.95. The molecule has 0 radical (unpaired) electrons. The second kappa shape index (κ2) is 7.07. The highest BCUT2D eigenvalue weighted by Crippen LogP contribution is 2.20. The molecular weight excluding hydrogens is 296 g/mol. The van der Waals surface area contributed by atoms with Crippen LogP contribution in [0.4, 0.5) is 4.39 Å². The van der Waals surface area contributed by atoms with Crippen LogP contribution < -0.4 is 5.32 Å². The molecule has 0 heterocycles. The Morgan fingerprint density at radius 3 is 2.40 bits per heavy atom. The van der Waals surface area contributed by atoms with Crippen LogP contribution in [0, 0.1) is 5.82 Å². The molecule has 1 atom stereocenters. The topological polar surface area (TPSA) is 12.0 Å². The van der Waals surface area contributed by atoms with Gasteiger partial charge in [0.2, 0.25) is 0 Å². The van der Waals surface area contributed by atoms with Gasteiger partial charge in [-0.05, 0) is 41.8 Å². The monoisotopic (exact) mass is 311 g/mol. The first-order valence-corrected chi connectivity index (χ1v) is 7.28. The van der Waals surface area contributed by atoms with E-state index < -0.39 is 0 Å². The van der Waals surface area contributed by atoms with Crippen molar-refractivity contribution in [3.63, 3.8) is 0 Å². The van der Waals surface area contributed by atoms with E-state index in [2.05, 4.69) is 12.2 Å². The van der Waals surface area contributed by atoms with E-state index in [1.54, 1.807) is 6.07 Å². The lowest BCUT2D eigenvalue weighted by atomic mass is 10.0. The quantitative estimate of drug-likeness (QED) is 0.782. The molecule has 2 aromatic carbocycles. The standard InChI is InChI=1S/C16H16Cl2FN/c1-2-16(12-4-6-13(17)7-5-12)20-10-11-3-8-14(18)15(19)9-11/h3-9,16,20H,2,10H2,1H3. The zero-order valence-electron chi connectivity index (χ0n) is 11.2. The fourth-order valence-corrected chi connectivity index (χ4v) is 2.33. The van der Waals surface area contributed by atoms with E-state index in [9.17, 15) is 4.39 Å². The van der Waals surface area contributed by atoms with Gasteiger partial charge < -0.3 is 5.32 Å². The Morgan fingerprint density at radius 2 is 1.80 bits per heavy atom. The van der Waals surface area contributed by atoms with Crippen molar-refractivity contribution in [3.05, 3.63) is 69.5 Å². The van der Waals surface area contributed by atoms with Crippen LogP contribution in [-0.2, 0) is 6.54 Å². The van der Waals surface area contributed by atoms with E-state index in [1.807, 2.05) is 30.3 Å². The van der Waals surface area contributed by atoms with Gasteiger partial charge in [-0.15, -0.1) is 0 Å². The maximum Gasteiger partial charge on any atom is 0.142 e. The minimum atomic E-state index is -0.384. The van der Waals surface area contributed by atoms with Crippen molar-refractivity contribution in [1.29, 1.82) is 0 Å². The molecule has 2 rings (SSSR count). The molecule has 1 unspecified atom stereocenters. The predicted molar refractivity (Wildman–Crippen MR) is 82.7 cm³/mol. The highest BCUT2D eigenvalue weighted by atomic mass is 35.5. The number of nitrogens with one attached hydrogen (secondary N) is 1. The van der Waals surface area contributed by atoms with Gasteiger partial charge in [-0.25, -0.2) is 4.39 Å². The molecule has 0 aromatic heterocycles. The Labute approximate surface area is 128 Å². The van der Waals surface area contributed by atoms with Crippen molar-refractivity contribution >= 4 is 23.2 Å². The van der Waals surface area contributed by atoms with Gasteiger partial charge in [-0.3, -0.25) is 0 Å². The number of hydrogen-bond acceptors (Lipinski definition) is 1. The van der Waals surface area contributed by atoms with Crippen LogP contribution in [0.15, 0.2) is 42.5 Å². The van der Waals surface area contributed by atoms with Gasteiger partial charge in [0, 0.05) is 17.6 Å². The minimum Gasteiger partial charge on any atom is -0.306 e. The average Bonchev–Trinajstić information content (AvgIpc) is 2.45. The first kappa shape index (κ1) is 15.3. The van der Waals surface area contributed by atoms with Crippen molar-refractivity contribution in [2.24, 2.45) is 0 Å². The van der Waals surface area contributed by atoms with Gasteiger partial charge in [0.25, 0.3) is 0 Å². The molecule has 20 heavy (non-hydrogen) atoms. The van der Waals surface area contributed by atoms with E-state index in [1.165, 1.54) is 11.6 Å². The van der Waals surface area contributed by atoms with Crippen LogP contribution >= 0.6 is 23.2 Å². The van der Waals surface area contributed by atoms with Crippen LogP contribution in [0.25, 0.3) is 0 Å². The summed E-state index contributed by atoms with van der Waals surface area (Å²) in [6.45, 7) is 2.70. The van der Waals surface area contributed by atoms with Crippen LogP contribution in [0.5, 0.6) is 0 Å². The Morgan fingerprint density at radius 1 is 1.10 bits per heavy atom. The minimum absolute atomic E-state index is 0.151. The van der Waals surface area contributed by atoms with Gasteiger partial charge in [0.05, 0.1) is 5.02 Å². The molecule has 0 aliphatic rings. The summed E-state index contributed by atoms with van der Waals surface area (Å²) in [7, 11) is 0. The molecular formula is C16H16Cl2FN. The molecule has 0 bridgehead atoms. The van der Waals surface area contributed by atoms with Crippen LogP contribution in [-0.4, -0.2) is 0 Å². The third-order valence-corrected chi connectivity index (χ3v) is 3.78.